The summed E-state index contributed by atoms with van der Waals surface area (Å²) in [6.45, 7) is 1.91. The maximum Gasteiger partial charge on any atom is 0.196 e. The van der Waals surface area contributed by atoms with Gasteiger partial charge in [-0.1, -0.05) is 5.16 Å². The molecule has 8 heteroatoms. The minimum absolute atomic E-state index is 0.0657. The highest BCUT2D eigenvalue weighted by Crippen LogP contribution is 2.19. The van der Waals surface area contributed by atoms with Crippen LogP contribution in [0.25, 0.3) is 0 Å². The quantitative estimate of drug-likeness (QED) is 0.277. The maximum absolute atomic E-state index is 8.57. The Morgan fingerprint density at radius 1 is 1.28 bits per heavy atom. The zero-order chi connectivity index (χ0) is 13.0. The highest BCUT2D eigenvalue weighted by atomic mass is 32.2. The molecule has 0 atom stereocenters. The molecule has 0 spiro atoms. The molecule has 0 saturated heterocycles. The summed E-state index contributed by atoms with van der Waals surface area (Å²) in [6, 6.07) is 1.55. The van der Waals surface area contributed by atoms with Crippen LogP contribution in [0.4, 0.5) is 0 Å². The topological polar surface area (TPSA) is 110 Å². The fourth-order valence-corrected chi connectivity index (χ4v) is 1.73. The van der Waals surface area contributed by atoms with E-state index in [1.807, 2.05) is 6.92 Å². The largest absolute Gasteiger partial charge is 0.409 e. The average molecular weight is 262 g/mol. The van der Waals surface area contributed by atoms with Crippen molar-refractivity contribution in [1.82, 2.24) is 19.9 Å². The molecule has 3 N–H and O–H groups in total. The number of hydrogen-bond acceptors (Lipinski definition) is 7. The number of rotatable bonds is 3. The Morgan fingerprint density at radius 2 is 2.00 bits per heavy atom. The van der Waals surface area contributed by atoms with Crippen molar-refractivity contribution in [3.05, 3.63) is 35.9 Å². The molecule has 0 bridgehead atoms. The second-order valence-electron chi connectivity index (χ2n) is 3.35. The van der Waals surface area contributed by atoms with Crippen molar-refractivity contribution >= 4 is 17.6 Å². The molecule has 0 aliphatic heterocycles. The van der Waals surface area contributed by atoms with E-state index in [9.17, 15) is 0 Å². The standard InChI is InChI=1S/C10H10N6OS/c1-6-4-13-9(14-5-6)18-10-12-3-2-7(15-10)8(11)16-17/h2-5,17H,1H3,(H2,11,16). The van der Waals surface area contributed by atoms with Gasteiger partial charge in [-0.15, -0.1) is 0 Å². The lowest BCUT2D eigenvalue weighted by molar-refractivity contribution is 0.318. The van der Waals surface area contributed by atoms with Crippen LogP contribution in [0, 0.1) is 6.92 Å². The average Bonchev–Trinajstić information content (AvgIpc) is 2.41. The number of amidine groups is 1. The van der Waals surface area contributed by atoms with Crippen molar-refractivity contribution in [3.8, 4) is 0 Å². The predicted octanol–water partition coefficient (Wildman–Crippen LogP) is 0.821. The Kier molecular flexibility index (Phi) is 3.68. The van der Waals surface area contributed by atoms with Gasteiger partial charge in [0.1, 0.15) is 5.69 Å². The number of hydrogen-bond donors (Lipinski definition) is 2. The van der Waals surface area contributed by atoms with E-state index in [1.54, 1.807) is 18.5 Å². The molecule has 0 amide bonds. The number of nitrogens with two attached hydrogens (primary N) is 1. The van der Waals surface area contributed by atoms with Crippen molar-refractivity contribution in [1.29, 1.82) is 0 Å². The fourth-order valence-electron chi connectivity index (χ4n) is 1.10. The van der Waals surface area contributed by atoms with Gasteiger partial charge in [-0.2, -0.15) is 0 Å². The van der Waals surface area contributed by atoms with Crippen molar-refractivity contribution < 1.29 is 5.21 Å². The van der Waals surface area contributed by atoms with Crippen LogP contribution in [0.15, 0.2) is 40.1 Å². The van der Waals surface area contributed by atoms with Crippen LogP contribution in [0.1, 0.15) is 11.3 Å². The van der Waals surface area contributed by atoms with Gasteiger partial charge in [-0.05, 0) is 30.3 Å². The molecule has 2 aromatic heterocycles. The third kappa shape index (κ3) is 2.92. The summed E-state index contributed by atoms with van der Waals surface area (Å²) in [5.74, 6) is -0.0657. The first kappa shape index (κ1) is 12.2. The van der Waals surface area contributed by atoms with Gasteiger partial charge >= 0.3 is 0 Å². The minimum atomic E-state index is -0.0657. The second kappa shape index (κ2) is 5.41. The van der Waals surface area contributed by atoms with Crippen LogP contribution in [0.5, 0.6) is 0 Å². The molecule has 0 aliphatic rings. The molecule has 92 valence electrons. The van der Waals surface area contributed by atoms with Gasteiger partial charge in [-0.25, -0.2) is 19.9 Å². The lowest BCUT2D eigenvalue weighted by Gasteiger charge is -2.01. The Morgan fingerprint density at radius 3 is 2.67 bits per heavy atom. The molecule has 0 saturated carbocycles. The first-order valence-electron chi connectivity index (χ1n) is 4.96. The molecule has 0 unspecified atom stereocenters. The third-order valence-electron chi connectivity index (χ3n) is 1.94. The lowest BCUT2D eigenvalue weighted by Crippen LogP contribution is -2.15. The lowest BCUT2D eigenvalue weighted by atomic mass is 10.4. The van der Waals surface area contributed by atoms with Crippen LogP contribution in [0.3, 0.4) is 0 Å². The maximum atomic E-state index is 8.57. The molecule has 0 aliphatic carbocycles. The van der Waals surface area contributed by atoms with E-state index in [-0.39, 0.29) is 5.84 Å². The van der Waals surface area contributed by atoms with Crippen LogP contribution < -0.4 is 5.73 Å². The Hall–Kier alpha value is -2.22. The summed E-state index contributed by atoms with van der Waals surface area (Å²) in [6.07, 6.45) is 4.95. The fraction of sp³-hybridized carbons (Fsp3) is 0.100. The zero-order valence-corrected chi connectivity index (χ0v) is 10.3. The van der Waals surface area contributed by atoms with E-state index in [2.05, 4.69) is 25.1 Å². The normalized spacial score (nSPS) is 11.5. The van der Waals surface area contributed by atoms with E-state index >= 15 is 0 Å². The van der Waals surface area contributed by atoms with Crippen molar-refractivity contribution in [2.75, 3.05) is 0 Å². The summed E-state index contributed by atoms with van der Waals surface area (Å²) < 4.78 is 0. The zero-order valence-electron chi connectivity index (χ0n) is 9.48. The molecule has 7 nitrogen and oxygen atoms in total. The minimum Gasteiger partial charge on any atom is -0.409 e. The highest BCUT2D eigenvalue weighted by Gasteiger charge is 2.06. The third-order valence-corrected chi connectivity index (χ3v) is 2.72. The van der Waals surface area contributed by atoms with Gasteiger partial charge in [-0.3, -0.25) is 0 Å². The Balaban J connectivity index is 2.22. The number of aryl methyl sites for hydroxylation is 1. The SMILES string of the molecule is Cc1cnc(Sc2nccc(/C(N)=N/O)n2)nc1. The van der Waals surface area contributed by atoms with E-state index in [0.29, 0.717) is 16.0 Å². The second-order valence-corrected chi connectivity index (χ2v) is 4.29. The first-order valence-corrected chi connectivity index (χ1v) is 5.78. The van der Waals surface area contributed by atoms with Gasteiger partial charge in [0.2, 0.25) is 0 Å². The van der Waals surface area contributed by atoms with E-state index < -0.39 is 0 Å². The predicted molar refractivity (Wildman–Crippen MR) is 65.4 cm³/mol. The van der Waals surface area contributed by atoms with Gasteiger partial charge in [0.25, 0.3) is 0 Å². The van der Waals surface area contributed by atoms with Gasteiger partial charge in [0.05, 0.1) is 0 Å². The molecule has 2 heterocycles. The Labute approximate surface area is 107 Å². The number of oxime groups is 1. The molecule has 18 heavy (non-hydrogen) atoms. The number of aromatic nitrogens is 4. The molecule has 0 aromatic carbocycles. The summed E-state index contributed by atoms with van der Waals surface area (Å²) in [5, 5.41) is 12.4. The van der Waals surface area contributed by atoms with E-state index in [4.69, 9.17) is 10.9 Å². The van der Waals surface area contributed by atoms with E-state index in [1.165, 1.54) is 18.0 Å². The molecule has 2 rings (SSSR count). The van der Waals surface area contributed by atoms with Crippen molar-refractivity contribution in [3.63, 3.8) is 0 Å². The molecule has 0 radical (unpaired) electrons. The summed E-state index contributed by atoms with van der Waals surface area (Å²) >= 11 is 1.20. The highest BCUT2D eigenvalue weighted by molar-refractivity contribution is 7.99. The summed E-state index contributed by atoms with van der Waals surface area (Å²) in [7, 11) is 0. The smallest absolute Gasteiger partial charge is 0.196 e. The van der Waals surface area contributed by atoms with Gasteiger partial charge in [0.15, 0.2) is 16.1 Å². The molecular weight excluding hydrogens is 252 g/mol. The molecule has 2 aromatic rings. The van der Waals surface area contributed by atoms with Crippen LogP contribution in [0.2, 0.25) is 0 Å². The van der Waals surface area contributed by atoms with Crippen molar-refractivity contribution in [2.24, 2.45) is 10.9 Å². The summed E-state index contributed by atoms with van der Waals surface area (Å²) in [5.41, 5.74) is 6.77. The van der Waals surface area contributed by atoms with E-state index in [0.717, 1.165) is 5.56 Å². The van der Waals surface area contributed by atoms with Crippen LogP contribution in [-0.4, -0.2) is 31.0 Å². The van der Waals surface area contributed by atoms with Crippen LogP contribution >= 0.6 is 11.8 Å². The van der Waals surface area contributed by atoms with Gasteiger partial charge in [0, 0.05) is 18.6 Å². The van der Waals surface area contributed by atoms with Crippen molar-refractivity contribution in [2.45, 2.75) is 17.2 Å². The molecule has 0 fully saturated rings. The van der Waals surface area contributed by atoms with Gasteiger partial charge < -0.3 is 10.9 Å². The number of nitrogens with zero attached hydrogens (tertiary/aromatic N) is 5. The summed E-state index contributed by atoms with van der Waals surface area (Å²) in [4.78, 5) is 16.4. The Bertz CT molecular complexity index is 571. The van der Waals surface area contributed by atoms with Crippen LogP contribution in [-0.2, 0) is 0 Å². The first-order chi connectivity index (χ1) is 8.69. The molecular formula is C10H10N6OS. The monoisotopic (exact) mass is 262 g/mol.